The van der Waals surface area contributed by atoms with E-state index in [1.165, 1.54) is 205 Å². The number of carbonyl (C=O) groups is 3. The van der Waals surface area contributed by atoms with Crippen molar-refractivity contribution in [3.05, 3.63) is 0 Å². The third-order valence-electron chi connectivity index (χ3n) is 13.3. The van der Waals surface area contributed by atoms with Gasteiger partial charge in [-0.2, -0.15) is 0 Å². The highest BCUT2D eigenvalue weighted by molar-refractivity contribution is 5.71. The van der Waals surface area contributed by atoms with Crippen molar-refractivity contribution in [2.24, 2.45) is 11.8 Å². The maximum Gasteiger partial charge on any atom is 0.306 e. The largest absolute Gasteiger partial charge is 0.462 e. The Hall–Kier alpha value is -1.59. The van der Waals surface area contributed by atoms with Crippen molar-refractivity contribution in [1.29, 1.82) is 0 Å². The molecule has 0 spiro atoms. The van der Waals surface area contributed by atoms with Crippen molar-refractivity contribution in [2.45, 2.75) is 323 Å². The molecule has 2 atom stereocenters. The SMILES string of the molecule is CCCCCCCCCCCCCCCCCCCC(=O)O[C@@H](COC(=O)CCCCCCCCCCCCCC(C)C)COC(=O)CCCCCCCCCCCCC(C)CC. The summed E-state index contributed by atoms with van der Waals surface area (Å²) in [6, 6.07) is 0. The first kappa shape index (κ1) is 61.4. The van der Waals surface area contributed by atoms with Crippen LogP contribution in [0.1, 0.15) is 317 Å². The fourth-order valence-electron chi connectivity index (χ4n) is 8.66. The molecule has 374 valence electrons. The zero-order chi connectivity index (χ0) is 46.1. The van der Waals surface area contributed by atoms with Gasteiger partial charge in [-0.15, -0.1) is 0 Å². The fraction of sp³-hybridized carbons (Fsp3) is 0.947. The highest BCUT2D eigenvalue weighted by atomic mass is 16.6. The van der Waals surface area contributed by atoms with Crippen LogP contribution in [0.5, 0.6) is 0 Å². The topological polar surface area (TPSA) is 78.9 Å². The molecule has 6 heteroatoms. The van der Waals surface area contributed by atoms with Crippen LogP contribution in [-0.4, -0.2) is 37.2 Å². The van der Waals surface area contributed by atoms with Gasteiger partial charge in [0.1, 0.15) is 13.2 Å². The smallest absolute Gasteiger partial charge is 0.306 e. The van der Waals surface area contributed by atoms with Crippen molar-refractivity contribution < 1.29 is 28.6 Å². The molecule has 63 heavy (non-hydrogen) atoms. The molecular weight excluding hydrogens is 781 g/mol. The summed E-state index contributed by atoms with van der Waals surface area (Å²) in [6.45, 7) is 11.4. The molecule has 0 aliphatic rings. The fourth-order valence-corrected chi connectivity index (χ4v) is 8.66. The van der Waals surface area contributed by atoms with Crippen molar-refractivity contribution >= 4 is 17.9 Å². The van der Waals surface area contributed by atoms with E-state index in [2.05, 4.69) is 34.6 Å². The lowest BCUT2D eigenvalue weighted by molar-refractivity contribution is -0.167. The molecule has 0 heterocycles. The van der Waals surface area contributed by atoms with Crippen LogP contribution in [0.2, 0.25) is 0 Å². The first-order chi connectivity index (χ1) is 30.8. The number of unbranched alkanes of at least 4 members (excludes halogenated alkanes) is 35. The minimum atomic E-state index is -0.763. The Balaban J connectivity index is 4.31. The Bertz CT molecular complexity index is 964. The average Bonchev–Trinajstić information content (AvgIpc) is 3.27. The zero-order valence-electron chi connectivity index (χ0n) is 43.2. The molecule has 0 aromatic carbocycles. The molecule has 0 aliphatic carbocycles. The van der Waals surface area contributed by atoms with Gasteiger partial charge in [-0.25, -0.2) is 0 Å². The summed E-state index contributed by atoms with van der Waals surface area (Å²) >= 11 is 0. The number of esters is 3. The lowest BCUT2D eigenvalue weighted by atomic mass is 9.99. The van der Waals surface area contributed by atoms with Crippen molar-refractivity contribution in [1.82, 2.24) is 0 Å². The summed E-state index contributed by atoms with van der Waals surface area (Å²) in [7, 11) is 0. The number of ether oxygens (including phenoxy) is 3. The van der Waals surface area contributed by atoms with E-state index in [0.29, 0.717) is 19.3 Å². The van der Waals surface area contributed by atoms with Crippen molar-refractivity contribution in [2.75, 3.05) is 13.2 Å². The van der Waals surface area contributed by atoms with Crippen LogP contribution in [0.25, 0.3) is 0 Å². The number of hydrogen-bond donors (Lipinski definition) is 0. The van der Waals surface area contributed by atoms with Crippen LogP contribution < -0.4 is 0 Å². The Kier molecular flexibility index (Phi) is 48.6. The summed E-state index contributed by atoms with van der Waals surface area (Å²) in [6.07, 6.45) is 52.3. The van der Waals surface area contributed by atoms with Crippen molar-refractivity contribution in [3.63, 3.8) is 0 Å². The maximum atomic E-state index is 12.8. The quantitative estimate of drug-likeness (QED) is 0.0344. The second-order valence-electron chi connectivity index (χ2n) is 20.3. The predicted octanol–water partition coefficient (Wildman–Crippen LogP) is 18.5. The van der Waals surface area contributed by atoms with E-state index in [9.17, 15) is 14.4 Å². The summed E-state index contributed by atoms with van der Waals surface area (Å²) in [4.78, 5) is 38.1. The monoisotopic (exact) mass is 891 g/mol. The van der Waals surface area contributed by atoms with Gasteiger partial charge in [-0.1, -0.05) is 279 Å². The molecule has 0 aliphatic heterocycles. The first-order valence-corrected chi connectivity index (χ1v) is 28.3. The van der Waals surface area contributed by atoms with Crippen LogP contribution >= 0.6 is 0 Å². The lowest BCUT2D eigenvalue weighted by Gasteiger charge is -2.18. The zero-order valence-corrected chi connectivity index (χ0v) is 43.2. The molecule has 0 aromatic heterocycles. The maximum absolute atomic E-state index is 12.8. The molecule has 0 aromatic rings. The minimum absolute atomic E-state index is 0.0633. The van der Waals surface area contributed by atoms with Gasteiger partial charge in [0.2, 0.25) is 0 Å². The second-order valence-corrected chi connectivity index (χ2v) is 20.3. The third kappa shape index (κ3) is 49.7. The molecule has 1 unspecified atom stereocenters. The Morgan fingerprint density at radius 1 is 0.333 bits per heavy atom. The molecule has 0 amide bonds. The Morgan fingerprint density at radius 3 is 0.905 bits per heavy atom. The van der Waals surface area contributed by atoms with E-state index in [1.807, 2.05) is 0 Å². The van der Waals surface area contributed by atoms with E-state index in [1.54, 1.807) is 0 Å². The van der Waals surface area contributed by atoms with Crippen LogP contribution in [-0.2, 0) is 28.6 Å². The average molecular weight is 892 g/mol. The molecule has 0 bridgehead atoms. The van der Waals surface area contributed by atoms with E-state index < -0.39 is 6.10 Å². The molecule has 0 saturated carbocycles. The van der Waals surface area contributed by atoms with Gasteiger partial charge in [0, 0.05) is 19.3 Å². The molecule has 0 radical (unpaired) electrons. The van der Waals surface area contributed by atoms with Gasteiger partial charge in [-0.05, 0) is 31.1 Å². The Labute approximate surface area is 393 Å². The van der Waals surface area contributed by atoms with Crippen LogP contribution in [0.15, 0.2) is 0 Å². The molecule has 0 fully saturated rings. The summed E-state index contributed by atoms with van der Waals surface area (Å²) in [5, 5.41) is 0. The summed E-state index contributed by atoms with van der Waals surface area (Å²) in [5.74, 6) is 0.854. The van der Waals surface area contributed by atoms with E-state index in [4.69, 9.17) is 14.2 Å². The molecule has 6 nitrogen and oxygen atoms in total. The molecule has 0 N–H and O–H groups in total. The number of hydrogen-bond acceptors (Lipinski definition) is 6. The second kappa shape index (κ2) is 49.8. The molecular formula is C57H110O6. The van der Waals surface area contributed by atoms with Crippen LogP contribution in [0, 0.1) is 11.8 Å². The van der Waals surface area contributed by atoms with Gasteiger partial charge < -0.3 is 14.2 Å². The Morgan fingerprint density at radius 2 is 0.603 bits per heavy atom. The number of rotatable bonds is 51. The highest BCUT2D eigenvalue weighted by Gasteiger charge is 2.19. The highest BCUT2D eigenvalue weighted by Crippen LogP contribution is 2.18. The number of carbonyl (C=O) groups excluding carboxylic acids is 3. The van der Waals surface area contributed by atoms with Gasteiger partial charge in [0.25, 0.3) is 0 Å². The van der Waals surface area contributed by atoms with E-state index in [-0.39, 0.29) is 31.1 Å². The van der Waals surface area contributed by atoms with E-state index in [0.717, 1.165) is 69.6 Å². The van der Waals surface area contributed by atoms with Gasteiger partial charge in [0.15, 0.2) is 6.10 Å². The van der Waals surface area contributed by atoms with Crippen LogP contribution in [0.4, 0.5) is 0 Å². The standard InChI is InChI=1S/C57H110O6/c1-6-8-9-10-11-12-13-14-15-16-17-18-21-29-34-39-44-49-57(60)63-54(50-61-55(58)47-42-37-32-27-22-19-20-25-30-35-40-45-52(3)4)51-62-56(59)48-43-38-33-28-24-23-26-31-36-41-46-53(5)7-2/h52-54H,6-51H2,1-5H3/t53?,54-/m0/s1. The van der Waals surface area contributed by atoms with Crippen LogP contribution in [0.3, 0.4) is 0 Å². The van der Waals surface area contributed by atoms with Gasteiger partial charge in [0.05, 0.1) is 0 Å². The lowest BCUT2D eigenvalue weighted by Crippen LogP contribution is -2.30. The van der Waals surface area contributed by atoms with Gasteiger partial charge in [-0.3, -0.25) is 14.4 Å². The molecule has 0 saturated heterocycles. The minimum Gasteiger partial charge on any atom is -0.462 e. The summed E-state index contributed by atoms with van der Waals surface area (Å²) < 4.78 is 16.9. The van der Waals surface area contributed by atoms with Gasteiger partial charge >= 0.3 is 17.9 Å². The van der Waals surface area contributed by atoms with Crippen molar-refractivity contribution in [3.8, 4) is 0 Å². The normalized spacial score (nSPS) is 12.5. The predicted molar refractivity (Wildman–Crippen MR) is 270 cm³/mol. The summed E-state index contributed by atoms with van der Waals surface area (Å²) in [5.41, 5.74) is 0. The first-order valence-electron chi connectivity index (χ1n) is 28.3. The third-order valence-corrected chi connectivity index (χ3v) is 13.3. The molecule has 0 rings (SSSR count). The van der Waals surface area contributed by atoms with E-state index >= 15 is 0 Å².